The van der Waals surface area contributed by atoms with Crippen LogP contribution in [0.25, 0.3) is 22.2 Å². The Morgan fingerprint density at radius 1 is 1.02 bits per heavy atom. The summed E-state index contributed by atoms with van der Waals surface area (Å²) in [6, 6.07) is 17.5. The minimum absolute atomic E-state index is 0.153. The molecule has 3 aromatic carbocycles. The van der Waals surface area contributed by atoms with Gasteiger partial charge in [0.25, 0.3) is 0 Å². The van der Waals surface area contributed by atoms with Crippen LogP contribution in [0.5, 0.6) is 5.75 Å². The van der Waals surface area contributed by atoms with E-state index in [2.05, 4.69) is 20.6 Å². The van der Waals surface area contributed by atoms with E-state index in [1.54, 1.807) is 35.6 Å². The van der Waals surface area contributed by atoms with Gasteiger partial charge in [0.05, 0.1) is 27.0 Å². The Balaban J connectivity index is 1.23. The van der Waals surface area contributed by atoms with E-state index in [0.29, 0.717) is 48.1 Å². The zero-order chi connectivity index (χ0) is 30.2. The molecular formula is C31H31ClFN5O3S2. The number of nitrogens with one attached hydrogen (secondary N) is 2. The molecule has 0 spiro atoms. The van der Waals surface area contributed by atoms with Gasteiger partial charge in [-0.15, -0.1) is 11.3 Å². The van der Waals surface area contributed by atoms with Crippen LogP contribution in [-0.4, -0.2) is 48.0 Å². The molecule has 224 valence electrons. The lowest BCUT2D eigenvalue weighted by Gasteiger charge is -2.12. The Morgan fingerprint density at radius 3 is 2.72 bits per heavy atom. The van der Waals surface area contributed by atoms with Crippen molar-refractivity contribution in [1.29, 1.82) is 0 Å². The number of rotatable bonds is 14. The fraction of sp³-hybridized carbons (Fsp3) is 0.258. The molecule has 0 aliphatic rings. The number of thiazole rings is 1. The number of sulfone groups is 1. The predicted molar refractivity (Wildman–Crippen MR) is 172 cm³/mol. The first-order valence-electron chi connectivity index (χ1n) is 13.8. The second-order valence-electron chi connectivity index (χ2n) is 9.92. The first-order valence-corrected chi connectivity index (χ1v) is 16.9. The molecule has 0 saturated carbocycles. The Labute approximate surface area is 259 Å². The van der Waals surface area contributed by atoms with Crippen LogP contribution in [0.2, 0.25) is 5.02 Å². The lowest BCUT2D eigenvalue weighted by Crippen LogP contribution is -2.26. The summed E-state index contributed by atoms with van der Waals surface area (Å²) in [5, 5.41) is 10.8. The number of ether oxygens (including phenoxy) is 1. The van der Waals surface area contributed by atoms with E-state index in [-0.39, 0.29) is 23.9 Å². The van der Waals surface area contributed by atoms with Crippen molar-refractivity contribution in [2.75, 3.05) is 29.9 Å². The number of hydrogen-bond acceptors (Lipinski definition) is 9. The second kappa shape index (κ2) is 14.2. The molecule has 2 N–H and O–H groups in total. The van der Waals surface area contributed by atoms with E-state index < -0.39 is 9.84 Å². The molecule has 5 aromatic rings. The molecule has 0 amide bonds. The first kappa shape index (κ1) is 30.8. The lowest BCUT2D eigenvalue weighted by atomic mass is 10.1. The van der Waals surface area contributed by atoms with Gasteiger partial charge < -0.3 is 15.4 Å². The largest absolute Gasteiger partial charge is 0.487 e. The molecule has 0 unspecified atom stereocenters. The number of fused-ring (bicyclic) bond motifs is 1. The van der Waals surface area contributed by atoms with E-state index in [1.165, 1.54) is 18.5 Å². The van der Waals surface area contributed by atoms with Crippen LogP contribution in [0.15, 0.2) is 72.4 Å². The van der Waals surface area contributed by atoms with Crippen molar-refractivity contribution < 1.29 is 17.5 Å². The molecule has 5 rings (SSSR count). The van der Waals surface area contributed by atoms with Gasteiger partial charge in [-0.1, -0.05) is 36.7 Å². The van der Waals surface area contributed by atoms with Gasteiger partial charge in [0.1, 0.15) is 30.3 Å². The van der Waals surface area contributed by atoms with E-state index in [1.807, 2.05) is 36.6 Å². The molecule has 43 heavy (non-hydrogen) atoms. The zero-order valence-corrected chi connectivity index (χ0v) is 25.9. The fourth-order valence-corrected chi connectivity index (χ4v) is 6.78. The van der Waals surface area contributed by atoms with Crippen molar-refractivity contribution in [2.45, 2.75) is 26.4 Å². The van der Waals surface area contributed by atoms with Crippen molar-refractivity contribution in [3.8, 4) is 17.0 Å². The van der Waals surface area contributed by atoms with Gasteiger partial charge in [0.2, 0.25) is 0 Å². The standard InChI is InChI=1S/C31H31ClFN5O3S2/c1-2-13-43(39,40)14-12-34-11-10-30-38-28(19-42-30)22-6-8-27-25(16-22)31(36-20-35-27)37-24-7-9-29(26(32)17-24)41-18-21-4-3-5-23(33)15-21/h3-9,15-17,19-20,34H,2,10-14,18H2,1H3,(H,35,36,37). The Morgan fingerprint density at radius 2 is 1.91 bits per heavy atom. The SMILES string of the molecule is CCCS(=O)(=O)CCNCCc1nc(-c2ccc3ncnc(Nc4ccc(OCc5cccc(F)c5)c(Cl)c4)c3c2)cs1. The third kappa shape index (κ3) is 8.47. The summed E-state index contributed by atoms with van der Waals surface area (Å²) in [4.78, 5) is 13.7. The smallest absolute Gasteiger partial charge is 0.151 e. The summed E-state index contributed by atoms with van der Waals surface area (Å²) in [6.07, 6.45) is 2.86. The van der Waals surface area contributed by atoms with Gasteiger partial charge in [-0.25, -0.2) is 27.8 Å². The van der Waals surface area contributed by atoms with Gasteiger partial charge in [0, 0.05) is 47.3 Å². The highest BCUT2D eigenvalue weighted by molar-refractivity contribution is 7.91. The summed E-state index contributed by atoms with van der Waals surface area (Å²) in [7, 11) is -2.98. The number of halogens is 2. The number of nitrogens with zero attached hydrogens (tertiary/aromatic N) is 3. The van der Waals surface area contributed by atoms with Crippen LogP contribution in [-0.2, 0) is 22.9 Å². The highest BCUT2D eigenvalue weighted by atomic mass is 35.5. The summed E-state index contributed by atoms with van der Waals surface area (Å²) in [5.74, 6) is 1.17. The van der Waals surface area contributed by atoms with Crippen LogP contribution < -0.4 is 15.4 Å². The molecule has 0 bridgehead atoms. The highest BCUT2D eigenvalue weighted by Crippen LogP contribution is 2.32. The summed E-state index contributed by atoms with van der Waals surface area (Å²) in [6.45, 7) is 3.17. The number of anilines is 2. The lowest BCUT2D eigenvalue weighted by molar-refractivity contribution is 0.306. The summed E-state index contributed by atoms with van der Waals surface area (Å²) in [5.41, 5.74) is 4.00. The molecule has 0 aliphatic heterocycles. The predicted octanol–water partition coefficient (Wildman–Crippen LogP) is 6.83. The van der Waals surface area contributed by atoms with E-state index >= 15 is 0 Å². The third-order valence-electron chi connectivity index (χ3n) is 6.58. The average Bonchev–Trinajstić information content (AvgIpc) is 3.45. The van der Waals surface area contributed by atoms with Crippen molar-refractivity contribution in [3.63, 3.8) is 0 Å². The van der Waals surface area contributed by atoms with Gasteiger partial charge in [0.15, 0.2) is 9.84 Å². The molecule has 12 heteroatoms. The normalized spacial score (nSPS) is 11.6. The monoisotopic (exact) mass is 639 g/mol. The maximum absolute atomic E-state index is 13.5. The Kier molecular flexibility index (Phi) is 10.2. The topological polar surface area (TPSA) is 106 Å². The molecular weight excluding hydrogens is 609 g/mol. The van der Waals surface area contributed by atoms with E-state index in [4.69, 9.17) is 21.3 Å². The Bertz CT molecular complexity index is 1820. The molecule has 0 aliphatic carbocycles. The minimum atomic E-state index is -2.98. The molecule has 2 aromatic heterocycles. The minimum Gasteiger partial charge on any atom is -0.487 e. The van der Waals surface area contributed by atoms with Crippen molar-refractivity contribution >= 4 is 55.2 Å². The maximum Gasteiger partial charge on any atom is 0.151 e. The van der Waals surface area contributed by atoms with Crippen LogP contribution in [0.3, 0.4) is 0 Å². The van der Waals surface area contributed by atoms with Crippen molar-refractivity contribution in [3.05, 3.63) is 93.8 Å². The number of benzene rings is 3. The highest BCUT2D eigenvalue weighted by Gasteiger charge is 2.12. The van der Waals surface area contributed by atoms with Gasteiger partial charge in [-0.3, -0.25) is 0 Å². The molecule has 0 saturated heterocycles. The van der Waals surface area contributed by atoms with Crippen molar-refractivity contribution in [2.24, 2.45) is 0 Å². The maximum atomic E-state index is 13.5. The van der Waals surface area contributed by atoms with E-state index in [9.17, 15) is 12.8 Å². The number of aromatic nitrogens is 3. The van der Waals surface area contributed by atoms with Crippen LogP contribution >= 0.6 is 22.9 Å². The quantitative estimate of drug-likeness (QED) is 0.127. The molecule has 0 fully saturated rings. The van der Waals surface area contributed by atoms with Gasteiger partial charge in [-0.05, 0) is 54.4 Å². The fourth-order valence-electron chi connectivity index (χ4n) is 4.46. The van der Waals surface area contributed by atoms with E-state index in [0.717, 1.165) is 32.9 Å². The third-order valence-corrected chi connectivity index (χ3v) is 9.64. The van der Waals surface area contributed by atoms with Gasteiger partial charge >= 0.3 is 0 Å². The molecule has 0 radical (unpaired) electrons. The second-order valence-corrected chi connectivity index (χ2v) is 13.6. The van der Waals surface area contributed by atoms with Crippen LogP contribution in [0.4, 0.5) is 15.9 Å². The summed E-state index contributed by atoms with van der Waals surface area (Å²) < 4.78 is 43.0. The summed E-state index contributed by atoms with van der Waals surface area (Å²) >= 11 is 8.07. The molecule has 8 nitrogen and oxygen atoms in total. The first-order chi connectivity index (χ1) is 20.8. The van der Waals surface area contributed by atoms with Gasteiger partial charge in [-0.2, -0.15) is 0 Å². The molecule has 0 atom stereocenters. The zero-order valence-electron chi connectivity index (χ0n) is 23.5. The van der Waals surface area contributed by atoms with Crippen molar-refractivity contribution in [1.82, 2.24) is 20.3 Å². The van der Waals surface area contributed by atoms with Crippen LogP contribution in [0.1, 0.15) is 23.9 Å². The number of hydrogen-bond donors (Lipinski definition) is 2. The van der Waals surface area contributed by atoms with Crippen LogP contribution in [0, 0.1) is 5.82 Å². The molecule has 2 heterocycles. The Hall–Kier alpha value is -3.64. The average molecular weight is 640 g/mol.